The highest BCUT2D eigenvalue weighted by atomic mass is 32.1. The molecule has 0 aliphatic carbocycles. The number of anilines is 1. The second kappa shape index (κ2) is 9.89. The normalized spacial score (nSPS) is 10.3. The van der Waals surface area contributed by atoms with Gasteiger partial charge in [0.25, 0.3) is 5.91 Å². The smallest absolute Gasteiger partial charge is 0.341 e. The Hall–Kier alpha value is -2.87. The van der Waals surface area contributed by atoms with Crippen LogP contribution in [0.3, 0.4) is 0 Å². The molecule has 0 radical (unpaired) electrons. The first-order valence-electron chi connectivity index (χ1n) is 8.74. The summed E-state index contributed by atoms with van der Waals surface area (Å²) in [4.78, 5) is 36.4. The lowest BCUT2D eigenvalue weighted by atomic mass is 10.1. The number of hydrogen-bond donors (Lipinski definition) is 1. The van der Waals surface area contributed by atoms with Crippen LogP contribution in [0.5, 0.6) is 11.5 Å². The third-order valence-corrected chi connectivity index (χ3v) is 5.09. The Kier molecular flexibility index (Phi) is 7.57. The summed E-state index contributed by atoms with van der Waals surface area (Å²) >= 11 is 1.29. The first kappa shape index (κ1) is 21.4. The predicted octanol–water partition coefficient (Wildman–Crippen LogP) is 3.77. The van der Waals surface area contributed by atoms with E-state index in [0.29, 0.717) is 34.8 Å². The van der Waals surface area contributed by atoms with Gasteiger partial charge in [-0.3, -0.25) is 9.59 Å². The maximum absolute atomic E-state index is 12.3. The van der Waals surface area contributed by atoms with Crippen molar-refractivity contribution < 1.29 is 28.6 Å². The summed E-state index contributed by atoms with van der Waals surface area (Å²) in [7, 11) is 1.29. The van der Waals surface area contributed by atoms with Gasteiger partial charge in [-0.25, -0.2) is 4.79 Å². The molecule has 0 spiro atoms. The largest absolute Gasteiger partial charge is 0.493 e. The van der Waals surface area contributed by atoms with Gasteiger partial charge in [0.1, 0.15) is 16.5 Å². The molecule has 8 heteroatoms. The van der Waals surface area contributed by atoms with Crippen molar-refractivity contribution in [3.05, 3.63) is 39.8 Å². The van der Waals surface area contributed by atoms with Crippen molar-refractivity contribution in [2.45, 2.75) is 27.2 Å². The zero-order valence-corrected chi connectivity index (χ0v) is 17.1. The second-order valence-electron chi connectivity index (χ2n) is 5.98. The minimum Gasteiger partial charge on any atom is -0.493 e. The molecule has 0 fully saturated rings. The summed E-state index contributed by atoms with van der Waals surface area (Å²) in [5, 5.41) is 3.09. The second-order valence-corrected chi connectivity index (χ2v) is 7.21. The molecule has 2 aromatic rings. The van der Waals surface area contributed by atoms with Crippen LogP contribution < -0.4 is 14.8 Å². The highest BCUT2D eigenvalue weighted by Crippen LogP contribution is 2.33. The van der Waals surface area contributed by atoms with E-state index < -0.39 is 11.9 Å². The number of esters is 1. The van der Waals surface area contributed by atoms with Gasteiger partial charge in [-0.1, -0.05) is 6.92 Å². The van der Waals surface area contributed by atoms with E-state index in [9.17, 15) is 14.4 Å². The molecule has 1 aromatic heterocycles. The summed E-state index contributed by atoms with van der Waals surface area (Å²) < 4.78 is 15.8. The molecule has 1 aromatic carbocycles. The number of methoxy groups -OCH3 is 1. The van der Waals surface area contributed by atoms with Gasteiger partial charge in [-0.05, 0) is 38.0 Å². The predicted molar refractivity (Wildman–Crippen MR) is 107 cm³/mol. The highest BCUT2D eigenvalue weighted by Gasteiger charge is 2.21. The number of aldehydes is 1. The number of nitrogens with one attached hydrogen (secondary N) is 1. The highest BCUT2D eigenvalue weighted by molar-refractivity contribution is 7.16. The number of hydrogen-bond acceptors (Lipinski definition) is 7. The third kappa shape index (κ3) is 5.10. The lowest BCUT2D eigenvalue weighted by molar-refractivity contribution is -0.118. The van der Waals surface area contributed by atoms with Crippen molar-refractivity contribution >= 4 is 34.5 Å². The first-order valence-corrected chi connectivity index (χ1v) is 9.55. The molecular weight excluding hydrogens is 382 g/mol. The van der Waals surface area contributed by atoms with E-state index in [-0.39, 0.29) is 12.4 Å². The molecule has 7 nitrogen and oxygen atoms in total. The molecule has 28 heavy (non-hydrogen) atoms. The van der Waals surface area contributed by atoms with Gasteiger partial charge in [-0.2, -0.15) is 0 Å². The van der Waals surface area contributed by atoms with E-state index in [0.717, 1.165) is 16.9 Å². The van der Waals surface area contributed by atoms with Crippen LogP contribution in [0, 0.1) is 13.8 Å². The molecule has 0 aliphatic rings. The molecule has 150 valence electrons. The summed E-state index contributed by atoms with van der Waals surface area (Å²) in [6.45, 7) is 5.85. The maximum atomic E-state index is 12.3. The lowest BCUT2D eigenvalue weighted by Gasteiger charge is -2.11. The Morgan fingerprint density at radius 1 is 1.21 bits per heavy atom. The number of benzene rings is 1. The Balaban J connectivity index is 2.10. The molecule has 0 bridgehead atoms. The summed E-state index contributed by atoms with van der Waals surface area (Å²) in [6.07, 6.45) is 1.49. The SMILES string of the molecule is CCCOc1ccc(C=O)c(OCC(=O)Nc2sc(C)c(C)c2C(=O)OC)c1. The van der Waals surface area contributed by atoms with Crippen LogP contribution in [-0.4, -0.2) is 38.5 Å². The third-order valence-electron chi connectivity index (χ3n) is 3.97. The van der Waals surface area contributed by atoms with E-state index in [1.165, 1.54) is 18.4 Å². The van der Waals surface area contributed by atoms with Gasteiger partial charge in [0.05, 0.1) is 24.8 Å². The summed E-state index contributed by atoms with van der Waals surface area (Å²) in [5.41, 5.74) is 1.41. The zero-order chi connectivity index (χ0) is 20.7. The molecule has 0 atom stereocenters. The van der Waals surface area contributed by atoms with Crippen molar-refractivity contribution in [3.63, 3.8) is 0 Å². The number of aryl methyl sites for hydroxylation is 1. The fourth-order valence-electron chi connectivity index (χ4n) is 2.42. The first-order chi connectivity index (χ1) is 13.4. The molecule has 0 aliphatic heterocycles. The van der Waals surface area contributed by atoms with Crippen molar-refractivity contribution in [1.82, 2.24) is 0 Å². The Bertz CT molecular complexity index is 874. The molecule has 0 saturated heterocycles. The van der Waals surface area contributed by atoms with Crippen LogP contribution in [0.25, 0.3) is 0 Å². The van der Waals surface area contributed by atoms with E-state index in [1.54, 1.807) is 25.1 Å². The van der Waals surface area contributed by atoms with Gasteiger partial charge in [0.15, 0.2) is 12.9 Å². The number of amides is 1. The standard InChI is InChI=1S/C20H23NO6S/c1-5-8-26-15-7-6-14(10-22)16(9-15)27-11-17(23)21-19-18(20(24)25-4)12(2)13(3)28-19/h6-7,9-10H,5,8,11H2,1-4H3,(H,21,23). The molecule has 1 amide bonds. The van der Waals surface area contributed by atoms with E-state index in [2.05, 4.69) is 5.32 Å². The van der Waals surface area contributed by atoms with Crippen LogP contribution in [0.4, 0.5) is 5.00 Å². The fourth-order valence-corrected chi connectivity index (χ4v) is 3.48. The van der Waals surface area contributed by atoms with Crippen LogP contribution in [0.1, 0.15) is 44.5 Å². The monoisotopic (exact) mass is 405 g/mol. The zero-order valence-electron chi connectivity index (χ0n) is 16.3. The van der Waals surface area contributed by atoms with Gasteiger partial charge in [0, 0.05) is 10.9 Å². The number of rotatable bonds is 9. The van der Waals surface area contributed by atoms with Crippen molar-refractivity contribution in [2.75, 3.05) is 25.6 Å². The van der Waals surface area contributed by atoms with Crippen molar-refractivity contribution in [1.29, 1.82) is 0 Å². The van der Waals surface area contributed by atoms with Crippen LogP contribution in [0.2, 0.25) is 0 Å². The summed E-state index contributed by atoms with van der Waals surface area (Å²) in [5.74, 6) is -0.156. The Labute approximate surface area is 167 Å². The van der Waals surface area contributed by atoms with Crippen molar-refractivity contribution in [2.24, 2.45) is 0 Å². The molecule has 0 saturated carbocycles. The minimum absolute atomic E-state index is 0.255. The Morgan fingerprint density at radius 2 is 1.96 bits per heavy atom. The quantitative estimate of drug-likeness (QED) is 0.504. The molecule has 2 rings (SSSR count). The number of ether oxygens (including phenoxy) is 3. The number of carbonyl (C=O) groups is 3. The van der Waals surface area contributed by atoms with Gasteiger partial charge in [-0.15, -0.1) is 11.3 Å². The van der Waals surface area contributed by atoms with E-state index in [1.807, 2.05) is 13.8 Å². The van der Waals surface area contributed by atoms with Gasteiger partial charge in [0.2, 0.25) is 0 Å². The lowest BCUT2D eigenvalue weighted by Crippen LogP contribution is -2.21. The Morgan fingerprint density at radius 3 is 2.61 bits per heavy atom. The van der Waals surface area contributed by atoms with E-state index >= 15 is 0 Å². The van der Waals surface area contributed by atoms with Crippen LogP contribution in [0.15, 0.2) is 18.2 Å². The van der Waals surface area contributed by atoms with Crippen LogP contribution in [-0.2, 0) is 9.53 Å². The average Bonchev–Trinajstić information content (AvgIpc) is 2.97. The number of thiophene rings is 1. The van der Waals surface area contributed by atoms with Gasteiger partial charge >= 0.3 is 5.97 Å². The molecule has 1 heterocycles. The summed E-state index contributed by atoms with van der Waals surface area (Å²) in [6, 6.07) is 4.82. The molecule has 1 N–H and O–H groups in total. The van der Waals surface area contributed by atoms with E-state index in [4.69, 9.17) is 14.2 Å². The molecule has 0 unspecified atom stereocenters. The molecular formula is C20H23NO6S. The maximum Gasteiger partial charge on any atom is 0.341 e. The average molecular weight is 405 g/mol. The van der Waals surface area contributed by atoms with Crippen molar-refractivity contribution in [3.8, 4) is 11.5 Å². The minimum atomic E-state index is -0.512. The fraction of sp³-hybridized carbons (Fsp3) is 0.350. The topological polar surface area (TPSA) is 90.9 Å². The van der Waals surface area contributed by atoms with Gasteiger partial charge < -0.3 is 19.5 Å². The number of carbonyl (C=O) groups excluding carboxylic acids is 3. The van der Waals surface area contributed by atoms with Crippen LogP contribution >= 0.6 is 11.3 Å².